The monoisotopic (exact) mass is 483 g/mol. The number of phenolic OH excluding ortho intramolecular Hbond substituents is 1. The van der Waals surface area contributed by atoms with Crippen LogP contribution in [0.15, 0.2) is 29.0 Å². The molecule has 2 fully saturated rings. The molecule has 1 aliphatic heterocycles. The van der Waals surface area contributed by atoms with Crippen molar-refractivity contribution >= 4 is 28.9 Å². The number of rotatable bonds is 3. The molecule has 0 radical (unpaired) electrons. The van der Waals surface area contributed by atoms with Gasteiger partial charge in [0.05, 0.1) is 11.3 Å². The van der Waals surface area contributed by atoms with Crippen molar-refractivity contribution in [1.82, 2.24) is 4.90 Å². The smallest absolute Gasteiger partial charge is 0.255 e. The third kappa shape index (κ3) is 3.42. The molecule has 186 valence electrons. The maximum absolute atomic E-state index is 13.5. The number of primary amides is 1. The summed E-state index contributed by atoms with van der Waals surface area (Å²) in [7, 11) is 2.05. The normalized spacial score (nSPS) is 29.5. The highest BCUT2D eigenvalue weighted by Gasteiger charge is 2.60. The number of amides is 1. The van der Waals surface area contributed by atoms with Crippen molar-refractivity contribution in [2.24, 2.45) is 17.6 Å². The Kier molecular flexibility index (Phi) is 5.41. The summed E-state index contributed by atoms with van der Waals surface area (Å²) in [5.74, 6) is -6.17. The van der Waals surface area contributed by atoms with Crippen LogP contribution >= 0.6 is 0 Å². The van der Waals surface area contributed by atoms with E-state index in [0.29, 0.717) is 17.7 Å². The molecule has 5 rings (SSSR count). The highest BCUT2D eigenvalue weighted by atomic mass is 16.3. The number of nitrogens with one attached hydrogen (secondary N) is 1. The van der Waals surface area contributed by atoms with Crippen LogP contribution in [-0.4, -0.2) is 74.6 Å². The molecule has 0 unspecified atom stereocenters. The minimum Gasteiger partial charge on any atom is -0.508 e. The maximum atomic E-state index is 13.5. The number of nitrogens with zero attached hydrogens (tertiary/aromatic N) is 1. The van der Waals surface area contributed by atoms with Gasteiger partial charge in [-0.2, -0.15) is 0 Å². The molecule has 3 atom stereocenters. The fourth-order valence-electron chi connectivity index (χ4n) is 6.09. The number of aliphatic hydroxyl groups is 3. The summed E-state index contributed by atoms with van der Waals surface area (Å²) in [6, 6.07) is 3.69. The van der Waals surface area contributed by atoms with E-state index in [1.165, 1.54) is 0 Å². The number of aromatic hydroxyl groups is 1. The summed E-state index contributed by atoms with van der Waals surface area (Å²) < 4.78 is 0. The van der Waals surface area contributed by atoms with Crippen LogP contribution in [0.2, 0.25) is 0 Å². The average molecular weight is 484 g/mol. The molecule has 7 N–H and O–H groups in total. The first-order chi connectivity index (χ1) is 16.5. The lowest BCUT2D eigenvalue weighted by Crippen LogP contribution is -2.58. The minimum atomic E-state index is -2.55. The molecule has 0 spiro atoms. The van der Waals surface area contributed by atoms with E-state index in [2.05, 4.69) is 17.3 Å². The maximum Gasteiger partial charge on any atom is 0.255 e. The third-order valence-electron chi connectivity index (χ3n) is 8.01. The minimum absolute atomic E-state index is 0.107. The molecule has 0 bridgehead atoms. The van der Waals surface area contributed by atoms with Crippen LogP contribution in [0.1, 0.15) is 36.8 Å². The molecule has 35 heavy (non-hydrogen) atoms. The number of hydrogen-bond donors (Lipinski definition) is 6. The van der Waals surface area contributed by atoms with Gasteiger partial charge in [-0.25, -0.2) is 0 Å². The van der Waals surface area contributed by atoms with Crippen LogP contribution in [0, 0.1) is 11.8 Å². The van der Waals surface area contributed by atoms with Crippen LogP contribution in [0.3, 0.4) is 0 Å². The number of hydrogen-bond acceptors (Lipinski definition) is 9. The van der Waals surface area contributed by atoms with Gasteiger partial charge in [-0.15, -0.1) is 0 Å². The van der Waals surface area contributed by atoms with E-state index in [9.17, 15) is 34.8 Å². The van der Waals surface area contributed by atoms with Crippen LogP contribution in [0.25, 0.3) is 5.76 Å². The van der Waals surface area contributed by atoms with E-state index in [0.717, 1.165) is 25.9 Å². The molecule has 1 amide bonds. The summed E-state index contributed by atoms with van der Waals surface area (Å²) >= 11 is 0. The molecular weight excluding hydrogens is 454 g/mol. The van der Waals surface area contributed by atoms with Crippen molar-refractivity contribution in [2.75, 3.05) is 25.5 Å². The third-order valence-corrected chi connectivity index (χ3v) is 8.01. The number of likely N-dealkylation sites (tertiary alicyclic amines) is 1. The van der Waals surface area contributed by atoms with Gasteiger partial charge in [-0.3, -0.25) is 14.4 Å². The first-order valence-electron chi connectivity index (χ1n) is 11.8. The number of fused-ring (bicyclic) bond motifs is 3. The second-order valence-corrected chi connectivity index (χ2v) is 10.1. The number of aliphatic hydroxyl groups excluding tert-OH is 2. The number of nitrogens with two attached hydrogens (primary N) is 1. The first kappa shape index (κ1) is 23.4. The quantitative estimate of drug-likeness (QED) is 0.270. The number of carbonyl (C=O) groups excluding carboxylic acids is 3. The molecule has 1 saturated heterocycles. The predicted molar refractivity (Wildman–Crippen MR) is 126 cm³/mol. The molecule has 10 nitrogen and oxygen atoms in total. The van der Waals surface area contributed by atoms with Gasteiger partial charge in [0.2, 0.25) is 5.78 Å². The average Bonchev–Trinajstić information content (AvgIpc) is 2.79. The van der Waals surface area contributed by atoms with E-state index in [1.54, 1.807) is 12.1 Å². The first-order valence-corrected chi connectivity index (χ1v) is 11.8. The van der Waals surface area contributed by atoms with Gasteiger partial charge >= 0.3 is 0 Å². The van der Waals surface area contributed by atoms with Crippen LogP contribution in [0.5, 0.6) is 5.75 Å². The highest BCUT2D eigenvalue weighted by molar-refractivity contribution is 6.22. The van der Waals surface area contributed by atoms with Crippen molar-refractivity contribution in [3.8, 4) is 5.75 Å². The van der Waals surface area contributed by atoms with Gasteiger partial charge in [-0.1, -0.05) is 6.07 Å². The zero-order valence-electron chi connectivity index (χ0n) is 19.4. The largest absolute Gasteiger partial charge is 0.508 e. The summed E-state index contributed by atoms with van der Waals surface area (Å²) in [6.07, 6.45) is 1.88. The van der Waals surface area contributed by atoms with Gasteiger partial charge in [0.15, 0.2) is 11.4 Å². The summed E-state index contributed by atoms with van der Waals surface area (Å²) in [5.41, 5.74) is 2.92. The van der Waals surface area contributed by atoms with E-state index < -0.39 is 52.0 Å². The zero-order chi connectivity index (χ0) is 25.2. The Morgan fingerprint density at radius 3 is 2.49 bits per heavy atom. The number of anilines is 1. The second-order valence-electron chi connectivity index (χ2n) is 10.1. The Morgan fingerprint density at radius 2 is 1.83 bits per heavy atom. The Hall–Kier alpha value is -3.37. The van der Waals surface area contributed by atoms with Gasteiger partial charge in [0.1, 0.15) is 22.8 Å². The lowest BCUT2D eigenvalue weighted by atomic mass is 9.59. The fraction of sp³-hybridized carbons (Fsp3) is 0.480. The van der Waals surface area contributed by atoms with Gasteiger partial charge < -0.3 is 36.4 Å². The predicted octanol–water partition coefficient (Wildman–Crippen LogP) is 0.930. The Labute approximate surface area is 201 Å². The number of phenols is 1. The standard InChI is InChI=1S/C25H29N3O7/c1-28-6-4-14(5-7-28)27-15-3-2-11-8-12-9-13-10-16(29)19(24(26)34)23(33)25(13,35)22(32)18(12)21(31)17(11)20(15)30/h2-3,12-14,27,30-31,33,35H,4-10H2,1H3,(H2,26,34)/t12-,13-,25-/m0/s1. The van der Waals surface area contributed by atoms with Crippen LogP contribution < -0.4 is 11.1 Å². The number of ketones is 2. The lowest BCUT2D eigenvalue weighted by molar-refractivity contribution is -0.147. The number of piperidine rings is 1. The number of benzene rings is 1. The molecule has 0 aromatic heterocycles. The molecule has 4 aliphatic rings. The second kappa shape index (κ2) is 8.10. The zero-order valence-corrected chi connectivity index (χ0v) is 19.4. The van der Waals surface area contributed by atoms with Crippen molar-refractivity contribution < 1.29 is 34.8 Å². The van der Waals surface area contributed by atoms with Crippen molar-refractivity contribution in [3.63, 3.8) is 0 Å². The lowest BCUT2D eigenvalue weighted by Gasteiger charge is -2.46. The molecule has 1 aromatic rings. The SMILES string of the molecule is CN1CCC(Nc2ccc3c(c2O)C(O)=C2C(=O)[C@]4(O)C(O)=C(C(N)=O)C(=O)C[C@@H]4C[C@@H]2C3)CC1. The Morgan fingerprint density at radius 1 is 1.14 bits per heavy atom. The molecule has 1 aromatic carbocycles. The van der Waals surface area contributed by atoms with Gasteiger partial charge in [0.25, 0.3) is 5.91 Å². The van der Waals surface area contributed by atoms with Crippen molar-refractivity contribution in [3.05, 3.63) is 40.2 Å². The fourth-order valence-corrected chi connectivity index (χ4v) is 6.09. The van der Waals surface area contributed by atoms with E-state index >= 15 is 0 Å². The molecule has 1 heterocycles. The van der Waals surface area contributed by atoms with Crippen molar-refractivity contribution in [2.45, 2.75) is 43.7 Å². The highest BCUT2D eigenvalue weighted by Crippen LogP contribution is 2.52. The summed E-state index contributed by atoms with van der Waals surface area (Å²) in [5, 5.41) is 47.5. The molecule has 1 saturated carbocycles. The van der Waals surface area contributed by atoms with Crippen molar-refractivity contribution in [1.29, 1.82) is 0 Å². The van der Waals surface area contributed by atoms with E-state index in [-0.39, 0.29) is 35.8 Å². The van der Waals surface area contributed by atoms with Crippen LogP contribution in [-0.2, 0) is 20.8 Å². The Bertz CT molecular complexity index is 1210. The van der Waals surface area contributed by atoms with Crippen LogP contribution in [0.4, 0.5) is 5.69 Å². The molecule has 10 heteroatoms. The molecule has 3 aliphatic carbocycles. The Balaban J connectivity index is 1.55. The van der Waals surface area contributed by atoms with Gasteiger partial charge in [-0.05, 0) is 63.4 Å². The molecular formula is C25H29N3O7. The van der Waals surface area contributed by atoms with Gasteiger partial charge in [0, 0.05) is 24.0 Å². The van der Waals surface area contributed by atoms with E-state index in [4.69, 9.17) is 5.73 Å². The van der Waals surface area contributed by atoms with E-state index in [1.807, 2.05) is 0 Å². The summed E-state index contributed by atoms with van der Waals surface area (Å²) in [4.78, 5) is 39.9. The number of Topliss-reactive ketones (excluding diaryl/α,β-unsaturated/α-hetero) is 2. The number of carbonyl (C=O) groups is 3. The topological polar surface area (TPSA) is 173 Å². The summed E-state index contributed by atoms with van der Waals surface area (Å²) in [6.45, 7) is 1.84.